The lowest BCUT2D eigenvalue weighted by Crippen LogP contribution is -2.28. The van der Waals surface area contributed by atoms with E-state index in [-0.39, 0.29) is 12.6 Å². The van der Waals surface area contributed by atoms with E-state index in [1.165, 1.54) is 0 Å². The molecule has 5 heteroatoms. The number of carbonyl (C=O) groups excluding carboxylic acids is 1. The van der Waals surface area contributed by atoms with Crippen molar-refractivity contribution < 1.29 is 24.1 Å². The number of ether oxygens (including phenoxy) is 3. The van der Waals surface area contributed by atoms with Crippen LogP contribution in [0, 0.1) is 5.41 Å². The Hall–Kier alpha value is -1.69. The quantitative estimate of drug-likeness (QED) is 0.667. The Kier molecular flexibility index (Phi) is 5.57. The van der Waals surface area contributed by atoms with Crippen molar-refractivity contribution in [2.75, 3.05) is 6.61 Å². The van der Waals surface area contributed by atoms with Crippen LogP contribution >= 0.6 is 0 Å². The second kappa shape index (κ2) is 7.25. The molecular weight excluding hydrogens is 296 g/mol. The molecule has 0 saturated carbocycles. The van der Waals surface area contributed by atoms with Crippen LogP contribution in [0.2, 0.25) is 0 Å². The van der Waals surface area contributed by atoms with Gasteiger partial charge in [0.2, 0.25) is 0 Å². The normalized spacial score (nSPS) is 24.7. The maximum absolute atomic E-state index is 11.8. The lowest BCUT2D eigenvalue weighted by molar-refractivity contribution is -0.182. The zero-order valence-corrected chi connectivity index (χ0v) is 13.8. The molecule has 1 aromatic carbocycles. The highest BCUT2D eigenvalue weighted by molar-refractivity contribution is 5.75. The van der Waals surface area contributed by atoms with Gasteiger partial charge in [0.15, 0.2) is 6.29 Å². The van der Waals surface area contributed by atoms with Crippen LogP contribution in [0.3, 0.4) is 0 Å². The second-order valence-electron chi connectivity index (χ2n) is 6.66. The number of hydrogen-bond donors (Lipinski definition) is 1. The van der Waals surface area contributed by atoms with Crippen LogP contribution in [0.5, 0.6) is 0 Å². The minimum Gasteiger partial charge on any atom is -0.462 e. The van der Waals surface area contributed by atoms with Crippen molar-refractivity contribution in [2.45, 2.75) is 45.9 Å². The first-order valence-electron chi connectivity index (χ1n) is 7.64. The summed E-state index contributed by atoms with van der Waals surface area (Å²) >= 11 is 0. The van der Waals surface area contributed by atoms with E-state index in [0.717, 1.165) is 5.56 Å². The van der Waals surface area contributed by atoms with Crippen molar-refractivity contribution in [1.82, 2.24) is 0 Å². The first-order valence-corrected chi connectivity index (χ1v) is 7.64. The molecule has 0 spiro atoms. The summed E-state index contributed by atoms with van der Waals surface area (Å²) < 4.78 is 16.5. The van der Waals surface area contributed by atoms with E-state index < -0.39 is 23.9 Å². The minimum atomic E-state index is -0.933. The molecule has 0 aliphatic carbocycles. The molecule has 1 saturated heterocycles. The van der Waals surface area contributed by atoms with Gasteiger partial charge in [-0.15, -0.1) is 0 Å². The molecule has 0 amide bonds. The van der Waals surface area contributed by atoms with Gasteiger partial charge in [0.25, 0.3) is 0 Å². The number of rotatable bonds is 5. The summed E-state index contributed by atoms with van der Waals surface area (Å²) in [6.07, 6.45) is -2.30. The molecule has 23 heavy (non-hydrogen) atoms. The van der Waals surface area contributed by atoms with Crippen LogP contribution in [0.1, 0.15) is 26.3 Å². The third-order valence-electron chi connectivity index (χ3n) is 3.58. The number of hydrogen-bond acceptors (Lipinski definition) is 5. The van der Waals surface area contributed by atoms with E-state index in [9.17, 15) is 9.90 Å². The molecular formula is C18H24O5. The maximum atomic E-state index is 11.8. The molecule has 3 atom stereocenters. The van der Waals surface area contributed by atoms with Crippen LogP contribution < -0.4 is 0 Å². The second-order valence-corrected chi connectivity index (χ2v) is 6.66. The van der Waals surface area contributed by atoms with Crippen LogP contribution in [-0.4, -0.2) is 36.2 Å². The number of carbonyl (C=O) groups is 1. The van der Waals surface area contributed by atoms with E-state index in [1.807, 2.05) is 30.3 Å². The van der Waals surface area contributed by atoms with Crippen molar-refractivity contribution in [3.05, 3.63) is 48.0 Å². The summed E-state index contributed by atoms with van der Waals surface area (Å²) in [6.45, 7) is 9.50. The number of aliphatic hydroxyl groups is 1. The van der Waals surface area contributed by atoms with Crippen molar-refractivity contribution in [3.63, 3.8) is 0 Å². The maximum Gasteiger partial charge on any atom is 0.311 e. The summed E-state index contributed by atoms with van der Waals surface area (Å²) in [5, 5.41) is 10.1. The highest BCUT2D eigenvalue weighted by atomic mass is 16.7. The lowest BCUT2D eigenvalue weighted by atomic mass is 9.97. The fraction of sp³-hybridized carbons (Fsp3) is 0.500. The van der Waals surface area contributed by atoms with E-state index >= 15 is 0 Å². The van der Waals surface area contributed by atoms with Gasteiger partial charge >= 0.3 is 5.97 Å². The molecule has 1 aliphatic heterocycles. The Bertz CT molecular complexity index is 546. The lowest BCUT2D eigenvalue weighted by Gasteiger charge is -2.19. The smallest absolute Gasteiger partial charge is 0.311 e. The standard InChI is InChI=1S/C18H24O5/c1-12-14(11-22-17(20)18(2,3)4)23-16(15(12)19)21-10-13-8-6-5-7-9-13/h5-9,14-16,19H,1,10-11H2,2-4H3/t14-,15+,16-/m0/s1. The highest BCUT2D eigenvalue weighted by Gasteiger charge is 2.39. The third kappa shape index (κ3) is 4.64. The van der Waals surface area contributed by atoms with Gasteiger partial charge in [-0.1, -0.05) is 36.9 Å². The molecule has 0 unspecified atom stereocenters. The van der Waals surface area contributed by atoms with E-state index in [1.54, 1.807) is 20.8 Å². The van der Waals surface area contributed by atoms with Gasteiger partial charge in [-0.2, -0.15) is 0 Å². The monoisotopic (exact) mass is 320 g/mol. The Balaban J connectivity index is 1.86. The van der Waals surface area contributed by atoms with Gasteiger partial charge in [0, 0.05) is 0 Å². The molecule has 1 heterocycles. The van der Waals surface area contributed by atoms with Crippen LogP contribution in [0.4, 0.5) is 0 Å². The van der Waals surface area contributed by atoms with Crippen molar-refractivity contribution in [2.24, 2.45) is 5.41 Å². The fourth-order valence-corrected chi connectivity index (χ4v) is 2.09. The van der Waals surface area contributed by atoms with Crippen LogP contribution in [0.25, 0.3) is 0 Å². The molecule has 1 aliphatic rings. The Morgan fingerprint density at radius 3 is 2.57 bits per heavy atom. The molecule has 0 aromatic heterocycles. The molecule has 1 N–H and O–H groups in total. The Labute approximate surface area is 136 Å². The van der Waals surface area contributed by atoms with Gasteiger partial charge < -0.3 is 19.3 Å². The molecule has 0 bridgehead atoms. The molecule has 0 radical (unpaired) electrons. The fourth-order valence-electron chi connectivity index (χ4n) is 2.09. The number of benzene rings is 1. The topological polar surface area (TPSA) is 65.0 Å². The Morgan fingerprint density at radius 2 is 1.96 bits per heavy atom. The average molecular weight is 320 g/mol. The van der Waals surface area contributed by atoms with Gasteiger partial charge in [0.1, 0.15) is 18.8 Å². The van der Waals surface area contributed by atoms with Gasteiger partial charge in [-0.25, -0.2) is 0 Å². The van der Waals surface area contributed by atoms with Gasteiger partial charge in [0.05, 0.1) is 12.0 Å². The van der Waals surface area contributed by atoms with Gasteiger partial charge in [-0.05, 0) is 31.9 Å². The minimum absolute atomic E-state index is 0.0250. The van der Waals surface area contributed by atoms with Gasteiger partial charge in [-0.3, -0.25) is 4.79 Å². The summed E-state index contributed by atoms with van der Waals surface area (Å²) in [7, 11) is 0. The predicted molar refractivity (Wildman–Crippen MR) is 85.5 cm³/mol. The first-order chi connectivity index (χ1) is 10.8. The van der Waals surface area contributed by atoms with Crippen molar-refractivity contribution >= 4 is 5.97 Å². The zero-order valence-electron chi connectivity index (χ0n) is 13.8. The summed E-state index contributed by atoms with van der Waals surface area (Å²) in [5.74, 6) is -0.322. The molecule has 1 fully saturated rings. The SMILES string of the molecule is C=C1[C@H](COC(=O)C(C)(C)C)O[C@H](OCc2ccccc2)[C@@H]1O. The average Bonchev–Trinajstić information content (AvgIpc) is 2.78. The van der Waals surface area contributed by atoms with E-state index in [2.05, 4.69) is 6.58 Å². The van der Waals surface area contributed by atoms with Crippen LogP contribution in [-0.2, 0) is 25.6 Å². The zero-order chi connectivity index (χ0) is 17.0. The number of esters is 1. The summed E-state index contributed by atoms with van der Waals surface area (Å²) in [4.78, 5) is 11.8. The Morgan fingerprint density at radius 1 is 1.30 bits per heavy atom. The van der Waals surface area contributed by atoms with E-state index in [0.29, 0.717) is 12.2 Å². The van der Waals surface area contributed by atoms with Crippen molar-refractivity contribution in [3.8, 4) is 0 Å². The first kappa shape index (κ1) is 17.7. The molecule has 1 aromatic rings. The number of aliphatic hydroxyl groups excluding tert-OH is 1. The van der Waals surface area contributed by atoms with E-state index in [4.69, 9.17) is 14.2 Å². The highest BCUT2D eigenvalue weighted by Crippen LogP contribution is 2.27. The molecule has 2 rings (SSSR count). The van der Waals surface area contributed by atoms with Crippen LogP contribution in [0.15, 0.2) is 42.5 Å². The molecule has 126 valence electrons. The summed E-state index contributed by atoms with van der Waals surface area (Å²) in [6, 6.07) is 9.61. The van der Waals surface area contributed by atoms with Crippen molar-refractivity contribution in [1.29, 1.82) is 0 Å². The molecule has 5 nitrogen and oxygen atoms in total. The predicted octanol–water partition coefficient (Wildman–Crippen LogP) is 2.43. The largest absolute Gasteiger partial charge is 0.462 e. The third-order valence-corrected chi connectivity index (χ3v) is 3.58. The summed E-state index contributed by atoms with van der Waals surface area (Å²) in [5.41, 5.74) is 0.864.